The molecule has 0 heterocycles. The first-order chi connectivity index (χ1) is 9.97. The Bertz CT molecular complexity index is 680. The van der Waals surface area contributed by atoms with Gasteiger partial charge >= 0.3 is 0 Å². The van der Waals surface area contributed by atoms with E-state index in [1.54, 1.807) is 31.2 Å². The molecule has 0 radical (unpaired) electrons. The molecule has 2 aromatic rings. The fourth-order valence-electron chi connectivity index (χ4n) is 1.87. The maximum absolute atomic E-state index is 13.2. The van der Waals surface area contributed by atoms with E-state index in [9.17, 15) is 9.18 Å². The fraction of sp³-hybridized carbons (Fsp3) is 0.125. The van der Waals surface area contributed by atoms with E-state index in [1.807, 2.05) is 0 Å². The lowest BCUT2D eigenvalue weighted by Crippen LogP contribution is -2.23. The molecule has 1 amide bonds. The number of benzene rings is 2. The molecule has 0 aliphatic carbocycles. The van der Waals surface area contributed by atoms with E-state index in [-0.39, 0.29) is 17.6 Å². The summed E-state index contributed by atoms with van der Waals surface area (Å²) in [5.41, 5.74) is 7.77. The van der Waals surface area contributed by atoms with Crippen LogP contribution >= 0.6 is 0 Å². The molecule has 0 saturated carbocycles. The van der Waals surface area contributed by atoms with E-state index in [2.05, 4.69) is 5.32 Å². The van der Waals surface area contributed by atoms with Crippen LogP contribution in [0.2, 0.25) is 0 Å². The van der Waals surface area contributed by atoms with E-state index >= 15 is 0 Å². The normalized spacial score (nSPS) is 10.2. The predicted molar refractivity (Wildman–Crippen MR) is 79.8 cm³/mol. The van der Waals surface area contributed by atoms with E-state index in [4.69, 9.17) is 11.1 Å². The number of hydrogen-bond acceptors (Lipinski definition) is 2. The van der Waals surface area contributed by atoms with Gasteiger partial charge in [-0.3, -0.25) is 10.2 Å². The van der Waals surface area contributed by atoms with E-state index in [0.717, 1.165) is 5.56 Å². The van der Waals surface area contributed by atoms with Gasteiger partial charge in [0.05, 0.1) is 0 Å². The zero-order chi connectivity index (χ0) is 15.4. The second-order valence-corrected chi connectivity index (χ2v) is 4.76. The van der Waals surface area contributed by atoms with Crippen molar-refractivity contribution in [1.29, 1.82) is 5.41 Å². The van der Waals surface area contributed by atoms with Crippen LogP contribution in [0.5, 0.6) is 0 Å². The average molecular weight is 285 g/mol. The Morgan fingerprint density at radius 3 is 2.38 bits per heavy atom. The van der Waals surface area contributed by atoms with Crippen LogP contribution in [0.15, 0.2) is 42.5 Å². The topological polar surface area (TPSA) is 79.0 Å². The molecular weight excluding hydrogens is 269 g/mol. The van der Waals surface area contributed by atoms with Gasteiger partial charge in [-0.05, 0) is 36.2 Å². The average Bonchev–Trinajstić information content (AvgIpc) is 2.48. The van der Waals surface area contributed by atoms with Gasteiger partial charge in [-0.15, -0.1) is 0 Å². The summed E-state index contributed by atoms with van der Waals surface area (Å²) in [6, 6.07) is 11.3. The number of carbonyl (C=O) groups excluding carboxylic acids is 1. The number of amides is 1. The summed E-state index contributed by atoms with van der Waals surface area (Å²) >= 11 is 0. The Hall–Kier alpha value is -2.69. The number of nitrogens with two attached hydrogens (primary N) is 1. The maximum atomic E-state index is 13.2. The third kappa shape index (κ3) is 3.66. The van der Waals surface area contributed by atoms with E-state index < -0.39 is 0 Å². The summed E-state index contributed by atoms with van der Waals surface area (Å²) in [5, 5.41) is 10.1. The summed E-state index contributed by atoms with van der Waals surface area (Å²) in [6.07, 6.45) is 0. The van der Waals surface area contributed by atoms with Crippen molar-refractivity contribution in [2.24, 2.45) is 5.73 Å². The monoisotopic (exact) mass is 285 g/mol. The highest BCUT2D eigenvalue weighted by Gasteiger charge is 2.07. The van der Waals surface area contributed by atoms with Crippen LogP contribution in [-0.2, 0) is 6.54 Å². The van der Waals surface area contributed by atoms with Gasteiger partial charge in [0, 0.05) is 17.7 Å². The van der Waals surface area contributed by atoms with Crippen molar-refractivity contribution in [3.63, 3.8) is 0 Å². The van der Waals surface area contributed by atoms with Crippen molar-refractivity contribution in [2.45, 2.75) is 13.5 Å². The summed E-state index contributed by atoms with van der Waals surface area (Å²) < 4.78 is 13.2. The largest absolute Gasteiger partial charge is 0.384 e. The Kier molecular flexibility index (Phi) is 4.33. The van der Waals surface area contributed by atoms with Gasteiger partial charge < -0.3 is 11.1 Å². The highest BCUT2D eigenvalue weighted by Crippen LogP contribution is 2.10. The molecule has 108 valence electrons. The Morgan fingerprint density at radius 1 is 1.19 bits per heavy atom. The number of halogens is 1. The number of amidine groups is 1. The number of carbonyl (C=O) groups is 1. The van der Waals surface area contributed by atoms with Gasteiger partial charge in [0.1, 0.15) is 11.7 Å². The Labute approximate surface area is 122 Å². The standard InChI is InChI=1S/C16H16FN3O/c1-10-8-13(6-7-14(10)17)16(21)20-9-11-2-4-12(5-3-11)15(18)19/h2-8H,9H2,1H3,(H3,18,19)(H,20,21). The van der Waals surface area contributed by atoms with E-state index in [0.29, 0.717) is 23.2 Å². The first-order valence-corrected chi connectivity index (χ1v) is 6.45. The van der Waals surface area contributed by atoms with E-state index in [1.165, 1.54) is 18.2 Å². The minimum atomic E-state index is -0.327. The van der Waals surface area contributed by atoms with Gasteiger partial charge in [0.15, 0.2) is 0 Å². The van der Waals surface area contributed by atoms with Crippen LogP contribution in [0.4, 0.5) is 4.39 Å². The molecule has 5 heteroatoms. The van der Waals surface area contributed by atoms with Crippen molar-refractivity contribution in [3.8, 4) is 0 Å². The lowest BCUT2D eigenvalue weighted by molar-refractivity contribution is 0.0951. The SMILES string of the molecule is Cc1cc(C(=O)NCc2ccc(C(=N)N)cc2)ccc1F. The summed E-state index contributed by atoms with van der Waals surface area (Å²) in [4.78, 5) is 12.0. The number of hydrogen-bond donors (Lipinski definition) is 3. The van der Waals surface area contributed by atoms with Crippen LogP contribution in [0.25, 0.3) is 0 Å². The van der Waals surface area contributed by atoms with Gasteiger partial charge in [0.25, 0.3) is 5.91 Å². The highest BCUT2D eigenvalue weighted by atomic mass is 19.1. The molecule has 0 aliphatic heterocycles. The zero-order valence-electron chi connectivity index (χ0n) is 11.6. The summed E-state index contributed by atoms with van der Waals surface area (Å²) in [7, 11) is 0. The van der Waals surface area contributed by atoms with Gasteiger partial charge in [-0.1, -0.05) is 24.3 Å². The van der Waals surface area contributed by atoms with Crippen molar-refractivity contribution in [2.75, 3.05) is 0 Å². The lowest BCUT2D eigenvalue weighted by Gasteiger charge is -2.07. The van der Waals surface area contributed by atoms with Crippen molar-refractivity contribution in [1.82, 2.24) is 5.32 Å². The molecule has 21 heavy (non-hydrogen) atoms. The molecule has 0 aromatic heterocycles. The summed E-state index contributed by atoms with van der Waals surface area (Å²) in [6.45, 7) is 1.97. The predicted octanol–water partition coefficient (Wildman–Crippen LogP) is 2.35. The Morgan fingerprint density at radius 2 is 1.81 bits per heavy atom. The second kappa shape index (κ2) is 6.17. The Balaban J connectivity index is 2.00. The molecular formula is C16H16FN3O. The van der Waals surface area contributed by atoms with Crippen LogP contribution in [0.1, 0.15) is 27.0 Å². The molecule has 0 saturated heterocycles. The highest BCUT2D eigenvalue weighted by molar-refractivity contribution is 5.95. The molecule has 0 bridgehead atoms. The molecule has 0 atom stereocenters. The fourth-order valence-corrected chi connectivity index (χ4v) is 1.87. The van der Waals surface area contributed by atoms with Gasteiger partial charge in [-0.2, -0.15) is 0 Å². The third-order valence-electron chi connectivity index (χ3n) is 3.14. The minimum Gasteiger partial charge on any atom is -0.384 e. The molecule has 0 fully saturated rings. The molecule has 2 aromatic carbocycles. The lowest BCUT2D eigenvalue weighted by atomic mass is 10.1. The van der Waals surface area contributed by atoms with Crippen molar-refractivity contribution < 1.29 is 9.18 Å². The van der Waals surface area contributed by atoms with Crippen LogP contribution in [0.3, 0.4) is 0 Å². The van der Waals surface area contributed by atoms with Crippen molar-refractivity contribution >= 4 is 11.7 Å². The second-order valence-electron chi connectivity index (χ2n) is 4.76. The van der Waals surface area contributed by atoms with Gasteiger partial charge in [-0.25, -0.2) is 4.39 Å². The third-order valence-corrected chi connectivity index (χ3v) is 3.14. The molecule has 4 N–H and O–H groups in total. The minimum absolute atomic E-state index is 0.00683. The van der Waals surface area contributed by atoms with Crippen molar-refractivity contribution in [3.05, 3.63) is 70.5 Å². The van der Waals surface area contributed by atoms with Gasteiger partial charge in [0.2, 0.25) is 0 Å². The van der Waals surface area contributed by atoms with Crippen LogP contribution < -0.4 is 11.1 Å². The zero-order valence-corrected chi connectivity index (χ0v) is 11.6. The molecule has 4 nitrogen and oxygen atoms in total. The number of rotatable bonds is 4. The molecule has 0 spiro atoms. The first kappa shape index (κ1) is 14.7. The maximum Gasteiger partial charge on any atom is 0.251 e. The van der Waals surface area contributed by atoms with Crippen LogP contribution in [-0.4, -0.2) is 11.7 Å². The number of aryl methyl sites for hydroxylation is 1. The quantitative estimate of drug-likeness (QED) is 0.595. The number of nitrogen functional groups attached to an aromatic ring is 1. The molecule has 0 unspecified atom stereocenters. The molecule has 2 rings (SSSR count). The number of nitrogens with one attached hydrogen (secondary N) is 2. The molecule has 0 aliphatic rings. The smallest absolute Gasteiger partial charge is 0.251 e. The first-order valence-electron chi connectivity index (χ1n) is 6.45. The van der Waals surface area contributed by atoms with Crippen LogP contribution in [0, 0.1) is 18.2 Å². The summed E-state index contributed by atoms with van der Waals surface area (Å²) in [5.74, 6) is -0.576.